The number of carbonyl (C=O) groups excluding carboxylic acids is 1. The molecule has 0 aliphatic rings. The van der Waals surface area contributed by atoms with Gasteiger partial charge in [-0.15, -0.1) is 10.2 Å². The number of carbonyl (C=O) groups is 1. The minimum atomic E-state index is -0.317. The first-order valence-electron chi connectivity index (χ1n) is 4.64. The molecule has 0 atom stereocenters. The second-order valence-corrected chi connectivity index (χ2v) is 3.35. The van der Waals surface area contributed by atoms with E-state index in [0.717, 1.165) is 0 Å². The molecule has 0 bridgehead atoms. The Bertz CT molecular complexity index is 493. The quantitative estimate of drug-likeness (QED) is 0.746. The van der Waals surface area contributed by atoms with Crippen molar-refractivity contribution in [1.82, 2.24) is 20.1 Å². The Hall–Kier alpha value is -2.24. The van der Waals surface area contributed by atoms with E-state index >= 15 is 0 Å². The van der Waals surface area contributed by atoms with Crippen LogP contribution in [0.25, 0.3) is 11.5 Å². The van der Waals surface area contributed by atoms with Crippen LogP contribution < -0.4 is 0 Å². The van der Waals surface area contributed by atoms with E-state index < -0.39 is 0 Å². The van der Waals surface area contributed by atoms with E-state index in [9.17, 15) is 4.79 Å². The van der Waals surface area contributed by atoms with Crippen LogP contribution in [0.15, 0.2) is 28.9 Å². The second-order valence-electron chi connectivity index (χ2n) is 3.35. The van der Waals surface area contributed by atoms with Crippen LogP contribution in [0.4, 0.5) is 0 Å². The lowest BCUT2D eigenvalue weighted by molar-refractivity contribution is 0.0789. The highest BCUT2D eigenvalue weighted by Crippen LogP contribution is 2.16. The number of pyridine rings is 1. The molecule has 0 aromatic carbocycles. The number of amides is 1. The van der Waals surface area contributed by atoms with Gasteiger partial charge in [0.2, 0.25) is 5.89 Å². The van der Waals surface area contributed by atoms with E-state index in [0.29, 0.717) is 11.5 Å². The van der Waals surface area contributed by atoms with E-state index in [-0.39, 0.29) is 11.8 Å². The second kappa shape index (κ2) is 4.09. The molecule has 0 fully saturated rings. The zero-order valence-corrected chi connectivity index (χ0v) is 8.91. The summed E-state index contributed by atoms with van der Waals surface area (Å²) in [5.41, 5.74) is 0.688. The van der Waals surface area contributed by atoms with Crippen molar-refractivity contribution in [3.63, 3.8) is 0 Å². The van der Waals surface area contributed by atoms with Crippen molar-refractivity contribution in [3.05, 3.63) is 30.4 Å². The largest absolute Gasteiger partial charge is 0.412 e. The molecule has 2 aromatic heterocycles. The summed E-state index contributed by atoms with van der Waals surface area (Å²) >= 11 is 0. The van der Waals surface area contributed by atoms with Crippen molar-refractivity contribution in [2.45, 2.75) is 0 Å². The molecule has 1 amide bonds. The lowest BCUT2D eigenvalue weighted by Gasteiger charge is -2.04. The monoisotopic (exact) mass is 218 g/mol. The highest BCUT2D eigenvalue weighted by molar-refractivity contribution is 5.89. The van der Waals surface area contributed by atoms with Crippen LogP contribution >= 0.6 is 0 Å². The Morgan fingerprint density at radius 3 is 2.81 bits per heavy atom. The first kappa shape index (κ1) is 10.3. The van der Waals surface area contributed by atoms with Crippen molar-refractivity contribution in [2.75, 3.05) is 14.1 Å². The fraction of sp³-hybridized carbons (Fsp3) is 0.200. The van der Waals surface area contributed by atoms with Crippen LogP contribution in [0, 0.1) is 0 Å². The molecule has 2 heterocycles. The van der Waals surface area contributed by atoms with Crippen LogP contribution in [0.3, 0.4) is 0 Å². The van der Waals surface area contributed by atoms with Crippen molar-refractivity contribution < 1.29 is 9.21 Å². The molecule has 0 aliphatic carbocycles. The summed E-state index contributed by atoms with van der Waals surface area (Å²) < 4.78 is 5.24. The van der Waals surface area contributed by atoms with E-state index in [2.05, 4.69) is 15.2 Å². The maximum Gasteiger partial charge on any atom is 0.310 e. The van der Waals surface area contributed by atoms with Gasteiger partial charge in [-0.05, 0) is 12.1 Å². The number of hydrogen-bond acceptors (Lipinski definition) is 5. The predicted molar refractivity (Wildman–Crippen MR) is 55.5 cm³/mol. The van der Waals surface area contributed by atoms with Gasteiger partial charge in [0.05, 0.1) is 5.56 Å². The van der Waals surface area contributed by atoms with Gasteiger partial charge in [-0.2, -0.15) is 0 Å². The van der Waals surface area contributed by atoms with Crippen molar-refractivity contribution >= 4 is 5.91 Å². The molecule has 0 spiro atoms. The maximum atomic E-state index is 11.5. The van der Waals surface area contributed by atoms with Gasteiger partial charge in [-0.25, -0.2) is 0 Å². The van der Waals surface area contributed by atoms with E-state index in [1.54, 1.807) is 38.6 Å². The molecule has 0 unspecified atom stereocenters. The standard InChI is InChI=1S/C10H10N4O2/c1-14(2)10(15)9-13-12-8(16-9)7-4-3-5-11-6-7/h3-6H,1-2H3. The molecular formula is C10H10N4O2. The Balaban J connectivity index is 2.30. The van der Waals surface area contributed by atoms with E-state index in [1.165, 1.54) is 4.90 Å². The summed E-state index contributed by atoms with van der Waals surface area (Å²) in [6.45, 7) is 0. The van der Waals surface area contributed by atoms with Crippen LogP contribution in [-0.4, -0.2) is 40.1 Å². The van der Waals surface area contributed by atoms with Crippen LogP contribution in [0.2, 0.25) is 0 Å². The molecule has 2 rings (SSSR count). The zero-order chi connectivity index (χ0) is 11.5. The molecule has 2 aromatic rings. The highest BCUT2D eigenvalue weighted by Gasteiger charge is 2.17. The Kier molecular flexibility index (Phi) is 2.63. The molecule has 0 N–H and O–H groups in total. The third-order valence-corrected chi connectivity index (χ3v) is 1.92. The molecule has 6 heteroatoms. The summed E-state index contributed by atoms with van der Waals surface area (Å²) in [5.74, 6) is -0.0511. The third-order valence-electron chi connectivity index (χ3n) is 1.92. The average Bonchev–Trinajstić information content (AvgIpc) is 2.78. The SMILES string of the molecule is CN(C)C(=O)c1nnc(-c2cccnc2)o1. The Morgan fingerprint density at radius 2 is 2.19 bits per heavy atom. The zero-order valence-electron chi connectivity index (χ0n) is 8.91. The lowest BCUT2D eigenvalue weighted by atomic mass is 10.3. The minimum absolute atomic E-state index is 0.0242. The van der Waals surface area contributed by atoms with Gasteiger partial charge in [-0.1, -0.05) is 0 Å². The normalized spacial score (nSPS) is 10.1. The predicted octanol–water partition coefficient (Wildman–Crippen LogP) is 0.833. The fourth-order valence-electron chi connectivity index (χ4n) is 1.11. The molecule has 0 aliphatic heterocycles. The van der Waals surface area contributed by atoms with Crippen LogP contribution in [0.5, 0.6) is 0 Å². The van der Waals surface area contributed by atoms with Gasteiger partial charge >= 0.3 is 11.8 Å². The highest BCUT2D eigenvalue weighted by atomic mass is 16.4. The topological polar surface area (TPSA) is 72.1 Å². The molecule has 6 nitrogen and oxygen atoms in total. The number of rotatable bonds is 2. The van der Waals surface area contributed by atoms with Gasteiger partial charge in [0.25, 0.3) is 0 Å². The first-order chi connectivity index (χ1) is 7.68. The van der Waals surface area contributed by atoms with Crippen LogP contribution in [0.1, 0.15) is 10.7 Å². The molecule has 0 saturated heterocycles. The summed E-state index contributed by atoms with van der Waals surface area (Å²) in [6.07, 6.45) is 3.24. The summed E-state index contributed by atoms with van der Waals surface area (Å²) in [5, 5.41) is 7.46. The van der Waals surface area contributed by atoms with Gasteiger partial charge in [0.1, 0.15) is 0 Å². The maximum absolute atomic E-state index is 11.5. The van der Waals surface area contributed by atoms with E-state index in [4.69, 9.17) is 4.42 Å². The molecule has 0 saturated carbocycles. The van der Waals surface area contributed by atoms with Gasteiger partial charge in [0, 0.05) is 26.5 Å². The number of aromatic nitrogens is 3. The van der Waals surface area contributed by atoms with Gasteiger partial charge in [-0.3, -0.25) is 9.78 Å². The van der Waals surface area contributed by atoms with Crippen LogP contribution in [-0.2, 0) is 0 Å². The molecular weight excluding hydrogens is 208 g/mol. The summed E-state index contributed by atoms with van der Waals surface area (Å²) in [7, 11) is 3.24. The van der Waals surface area contributed by atoms with Gasteiger partial charge < -0.3 is 9.32 Å². The van der Waals surface area contributed by atoms with Crippen molar-refractivity contribution in [3.8, 4) is 11.5 Å². The molecule has 16 heavy (non-hydrogen) atoms. The Morgan fingerprint density at radius 1 is 1.38 bits per heavy atom. The lowest BCUT2D eigenvalue weighted by Crippen LogP contribution is -2.21. The molecule has 0 radical (unpaired) electrons. The fourth-order valence-corrected chi connectivity index (χ4v) is 1.11. The first-order valence-corrected chi connectivity index (χ1v) is 4.64. The van der Waals surface area contributed by atoms with Gasteiger partial charge in [0.15, 0.2) is 0 Å². The van der Waals surface area contributed by atoms with Crippen molar-refractivity contribution in [1.29, 1.82) is 0 Å². The molecule has 82 valence electrons. The van der Waals surface area contributed by atoms with Crippen molar-refractivity contribution in [2.24, 2.45) is 0 Å². The summed E-state index contributed by atoms with van der Waals surface area (Å²) in [6, 6.07) is 3.54. The minimum Gasteiger partial charge on any atom is -0.412 e. The Labute approximate surface area is 91.9 Å². The third kappa shape index (κ3) is 1.90. The smallest absolute Gasteiger partial charge is 0.310 e. The number of nitrogens with zero attached hydrogens (tertiary/aromatic N) is 4. The summed E-state index contributed by atoms with van der Waals surface area (Å²) in [4.78, 5) is 16.8. The van der Waals surface area contributed by atoms with E-state index in [1.807, 2.05) is 0 Å². The average molecular weight is 218 g/mol. The number of hydrogen-bond donors (Lipinski definition) is 0.